The summed E-state index contributed by atoms with van der Waals surface area (Å²) in [6, 6.07) is 20.3. The molecule has 8 fully saturated rings. The van der Waals surface area contributed by atoms with E-state index in [9.17, 15) is 18.4 Å². The predicted octanol–water partition coefficient (Wildman–Crippen LogP) is 10.2. The number of carbonyl (C=O) groups excluding carboxylic acids is 2. The highest BCUT2D eigenvalue weighted by Crippen LogP contribution is 2.73. The van der Waals surface area contributed by atoms with Crippen LogP contribution in [0.15, 0.2) is 79.0 Å². The zero-order valence-electron chi connectivity index (χ0n) is 35.4. The highest BCUT2D eigenvalue weighted by atomic mass is 35.5. The molecule has 0 aliphatic heterocycles. The smallest absolute Gasteiger partial charge is 0.228 e. The molecule has 8 aliphatic carbocycles. The second kappa shape index (κ2) is 14.6. The van der Waals surface area contributed by atoms with Crippen LogP contribution in [0.2, 0.25) is 5.02 Å². The van der Waals surface area contributed by atoms with Crippen molar-refractivity contribution in [1.82, 2.24) is 15.3 Å². The van der Waals surface area contributed by atoms with Gasteiger partial charge in [-0.2, -0.15) is 0 Å². The third-order valence-electron chi connectivity index (χ3n) is 16.4. The van der Waals surface area contributed by atoms with Crippen molar-refractivity contribution in [3.63, 3.8) is 0 Å². The highest BCUT2D eigenvalue weighted by Gasteiger charge is 2.72. The number of methoxy groups -OCH3 is 1. The number of hydrogen-bond acceptors (Lipinski definition) is 7. The van der Waals surface area contributed by atoms with Crippen LogP contribution in [-0.4, -0.2) is 46.6 Å². The number of anilines is 1. The SMILES string of the molecule is COC(c1cc(OC2C[C@@H]3C(C(C(=O)Nc4ccc(Cl)cc4)C4CC4)[C@@H]3C2)c2cc(F)ccc2n1)C12CC(NC(=O)C(C)C3[C@H]4CC(Oc5ccnc6ccc(F)cc56)C[C@@H]34)(C1)C2. The van der Waals surface area contributed by atoms with Gasteiger partial charge in [-0.3, -0.25) is 14.6 Å². The summed E-state index contributed by atoms with van der Waals surface area (Å²) in [5.41, 5.74) is 2.51. The van der Waals surface area contributed by atoms with Crippen molar-refractivity contribution in [2.45, 2.75) is 88.6 Å². The van der Waals surface area contributed by atoms with Crippen LogP contribution in [0.5, 0.6) is 11.5 Å². The Hall–Kier alpha value is -4.87. The largest absolute Gasteiger partial charge is 0.490 e. The Bertz CT molecular complexity index is 2630. The van der Waals surface area contributed by atoms with Gasteiger partial charge in [0.15, 0.2) is 0 Å². The van der Waals surface area contributed by atoms with E-state index in [1.54, 1.807) is 43.6 Å². The maximum absolute atomic E-state index is 14.7. The van der Waals surface area contributed by atoms with Crippen LogP contribution in [0, 0.1) is 70.3 Å². The van der Waals surface area contributed by atoms with Gasteiger partial charge in [0.05, 0.1) is 28.9 Å². The molecule has 2 N–H and O–H groups in total. The van der Waals surface area contributed by atoms with Crippen LogP contribution in [0.3, 0.4) is 0 Å². The van der Waals surface area contributed by atoms with Gasteiger partial charge < -0.3 is 24.8 Å². The summed E-state index contributed by atoms with van der Waals surface area (Å²) >= 11 is 6.07. The summed E-state index contributed by atoms with van der Waals surface area (Å²) in [6.45, 7) is 2.06. The molecule has 12 heteroatoms. The number of fused-ring (bicyclic) bond motifs is 4. The Morgan fingerprint density at radius 3 is 2.00 bits per heavy atom. The molecule has 2 bridgehead atoms. The topological polar surface area (TPSA) is 112 Å². The van der Waals surface area contributed by atoms with Crippen LogP contribution >= 0.6 is 11.6 Å². The molecule has 7 unspecified atom stereocenters. The van der Waals surface area contributed by atoms with Crippen LogP contribution in [0.1, 0.15) is 76.5 Å². The lowest BCUT2D eigenvalue weighted by Crippen LogP contribution is -2.76. The van der Waals surface area contributed by atoms with Crippen LogP contribution < -0.4 is 20.1 Å². The third-order valence-corrected chi connectivity index (χ3v) is 16.7. The number of amides is 2. The van der Waals surface area contributed by atoms with E-state index in [0.717, 1.165) is 69.2 Å². The van der Waals surface area contributed by atoms with Gasteiger partial charge in [-0.1, -0.05) is 18.5 Å². The summed E-state index contributed by atoms with van der Waals surface area (Å²) in [5, 5.41) is 8.58. The number of halogens is 3. The first-order valence-corrected chi connectivity index (χ1v) is 23.2. The summed E-state index contributed by atoms with van der Waals surface area (Å²) in [6.07, 6.45) is 9.52. The van der Waals surface area contributed by atoms with E-state index < -0.39 is 0 Å². The fourth-order valence-electron chi connectivity index (χ4n) is 13.6. The van der Waals surface area contributed by atoms with Gasteiger partial charge >= 0.3 is 0 Å². The van der Waals surface area contributed by atoms with Crippen molar-refractivity contribution >= 4 is 50.9 Å². The number of pyridine rings is 2. The molecule has 0 radical (unpaired) electrons. The average molecular weight is 873 g/mol. The Balaban J connectivity index is 0.673. The summed E-state index contributed by atoms with van der Waals surface area (Å²) < 4.78 is 48.2. The lowest BCUT2D eigenvalue weighted by molar-refractivity contribution is -0.226. The van der Waals surface area contributed by atoms with E-state index in [0.29, 0.717) is 79.8 Å². The zero-order chi connectivity index (χ0) is 42.9. The van der Waals surface area contributed by atoms with Crippen molar-refractivity contribution in [2.24, 2.45) is 58.7 Å². The molecule has 11 atom stereocenters. The number of hydrogen-bond donors (Lipinski definition) is 2. The molecule has 8 saturated carbocycles. The van der Waals surface area contributed by atoms with Gasteiger partial charge in [-0.05, 0) is 166 Å². The maximum Gasteiger partial charge on any atom is 0.228 e. The fraction of sp³-hybridized carbons (Fsp3) is 0.490. The molecule has 2 amide bonds. The number of nitrogens with zero attached hydrogens (tertiary/aromatic N) is 2. The van der Waals surface area contributed by atoms with E-state index in [2.05, 4.69) is 22.5 Å². The minimum absolute atomic E-state index is 0.00199. The summed E-state index contributed by atoms with van der Waals surface area (Å²) in [4.78, 5) is 36.7. The molecular formula is C51H51ClF2N4O5. The minimum Gasteiger partial charge on any atom is -0.490 e. The molecule has 2 heterocycles. The molecule has 8 aliphatic rings. The number of aromatic nitrogens is 2. The first-order valence-electron chi connectivity index (χ1n) is 22.9. The monoisotopic (exact) mass is 872 g/mol. The van der Waals surface area contributed by atoms with E-state index in [1.807, 2.05) is 18.2 Å². The van der Waals surface area contributed by atoms with E-state index in [4.69, 9.17) is 30.8 Å². The van der Waals surface area contributed by atoms with E-state index in [-0.39, 0.29) is 64.6 Å². The quantitative estimate of drug-likeness (QED) is 0.114. The van der Waals surface area contributed by atoms with E-state index in [1.165, 1.54) is 24.3 Å². The Kier molecular flexibility index (Phi) is 9.18. The number of ether oxygens (including phenoxy) is 3. The lowest BCUT2D eigenvalue weighted by atomic mass is 9.37. The Morgan fingerprint density at radius 1 is 0.762 bits per heavy atom. The predicted molar refractivity (Wildman–Crippen MR) is 234 cm³/mol. The van der Waals surface area contributed by atoms with Gasteiger partial charge in [0.1, 0.15) is 29.2 Å². The van der Waals surface area contributed by atoms with Crippen molar-refractivity contribution in [3.05, 3.63) is 101 Å². The van der Waals surface area contributed by atoms with Gasteiger partial charge in [0, 0.05) is 63.6 Å². The summed E-state index contributed by atoms with van der Waals surface area (Å²) in [7, 11) is 1.72. The first kappa shape index (κ1) is 39.7. The molecule has 3 aromatic carbocycles. The van der Waals surface area contributed by atoms with Crippen molar-refractivity contribution < 1.29 is 32.6 Å². The number of rotatable bonds is 14. The molecule has 63 heavy (non-hydrogen) atoms. The molecular weight excluding hydrogens is 822 g/mol. The number of benzene rings is 3. The molecule has 0 saturated heterocycles. The van der Waals surface area contributed by atoms with Gasteiger partial charge in [0.25, 0.3) is 0 Å². The molecule has 5 aromatic rings. The highest BCUT2D eigenvalue weighted by molar-refractivity contribution is 6.30. The second-order valence-corrected chi connectivity index (χ2v) is 20.8. The Morgan fingerprint density at radius 2 is 1.37 bits per heavy atom. The second-order valence-electron chi connectivity index (χ2n) is 20.3. The standard InChI is InChI=1S/C51H51ClF2N4O5/c1-25(44-33-17-31(18-34(33)44)62-42-13-14-55-39-11-7-28(53)15-37(39)42)48(59)58-51-22-50(23-51,24-51)47(61-2)41-21-43(38-16-29(54)8-12-40(38)57-41)63-32-19-35-36(20-32)46(35)45(26-3-4-26)49(60)56-30-9-5-27(52)6-10-30/h5-16,21,25-26,31-36,44-47H,3-4,17-20,22-24H2,1-2H3,(H,56,60)(H,58,59)/t25?,31?,32?,33-,34+,35-,36+,44?,45?,46?,47?,50?,51?. The van der Waals surface area contributed by atoms with Crippen LogP contribution in [0.25, 0.3) is 21.8 Å². The molecule has 13 rings (SSSR count). The zero-order valence-corrected chi connectivity index (χ0v) is 36.1. The van der Waals surface area contributed by atoms with Gasteiger partial charge in [0.2, 0.25) is 11.8 Å². The normalized spacial score (nSPS) is 33.3. The maximum atomic E-state index is 14.7. The van der Waals surface area contributed by atoms with Crippen molar-refractivity contribution in [1.29, 1.82) is 0 Å². The first-order chi connectivity index (χ1) is 30.5. The fourth-order valence-corrected chi connectivity index (χ4v) is 13.7. The minimum atomic E-state index is -0.343. The Labute approximate surface area is 370 Å². The molecule has 326 valence electrons. The molecule has 2 aromatic heterocycles. The van der Waals surface area contributed by atoms with Crippen LogP contribution in [0.4, 0.5) is 14.5 Å². The number of nitrogens with one attached hydrogen (secondary N) is 2. The molecule has 0 spiro atoms. The van der Waals surface area contributed by atoms with Crippen molar-refractivity contribution in [2.75, 3.05) is 12.4 Å². The van der Waals surface area contributed by atoms with Crippen LogP contribution in [-0.2, 0) is 14.3 Å². The third kappa shape index (κ3) is 6.86. The van der Waals surface area contributed by atoms with Crippen molar-refractivity contribution in [3.8, 4) is 11.5 Å². The molecule has 9 nitrogen and oxygen atoms in total. The van der Waals surface area contributed by atoms with Gasteiger partial charge in [-0.25, -0.2) is 13.8 Å². The lowest BCUT2D eigenvalue weighted by Gasteiger charge is -2.72. The summed E-state index contributed by atoms with van der Waals surface area (Å²) in [5.74, 6) is 3.64. The average Bonchev–Trinajstić information content (AvgIpc) is 4.21. The van der Waals surface area contributed by atoms with Gasteiger partial charge in [-0.15, -0.1) is 0 Å². The number of carbonyl (C=O) groups is 2. The van der Waals surface area contributed by atoms with E-state index >= 15 is 0 Å².